The van der Waals surface area contributed by atoms with Gasteiger partial charge in [0.2, 0.25) is 0 Å². The predicted molar refractivity (Wildman–Crippen MR) is 76.7 cm³/mol. The minimum absolute atomic E-state index is 0. The van der Waals surface area contributed by atoms with E-state index >= 15 is 0 Å². The summed E-state index contributed by atoms with van der Waals surface area (Å²) in [5, 5.41) is 5.08. The number of alkyl halides is 2. The van der Waals surface area contributed by atoms with Crippen molar-refractivity contribution < 1.29 is 8.78 Å². The zero-order valence-corrected chi connectivity index (χ0v) is 12.5. The molecule has 1 N–H and O–H groups in total. The van der Waals surface area contributed by atoms with Gasteiger partial charge in [0, 0.05) is 31.1 Å². The zero-order valence-electron chi connectivity index (χ0n) is 10.1. The largest absolute Gasteiger partial charge is 0.314 e. The van der Waals surface area contributed by atoms with Crippen LogP contribution in [0.1, 0.15) is 16.5 Å². The molecule has 0 bridgehead atoms. The van der Waals surface area contributed by atoms with E-state index in [0.717, 1.165) is 23.5 Å². The van der Waals surface area contributed by atoms with Gasteiger partial charge in [-0.25, -0.2) is 8.78 Å². The maximum atomic E-state index is 13.2. The Labute approximate surface area is 123 Å². The van der Waals surface area contributed by atoms with E-state index in [9.17, 15) is 8.78 Å². The fourth-order valence-electron chi connectivity index (χ4n) is 2.09. The molecule has 1 fully saturated rings. The predicted octanol–water partition coefficient (Wildman–Crippen LogP) is 3.11. The fraction of sp³-hybridized carbons (Fsp3) is 0.636. The lowest BCUT2D eigenvalue weighted by molar-refractivity contribution is 0.0197. The van der Waals surface area contributed by atoms with Gasteiger partial charge >= 0.3 is 0 Å². The van der Waals surface area contributed by atoms with Crippen LogP contribution in [-0.4, -0.2) is 37.5 Å². The highest BCUT2D eigenvalue weighted by Gasteiger charge is 2.31. The quantitative estimate of drug-likeness (QED) is 0.921. The Morgan fingerprint density at radius 3 is 2.33 bits per heavy atom. The number of nitrogens with zero attached hydrogens (tertiary/aromatic N) is 1. The number of piperazine rings is 1. The van der Waals surface area contributed by atoms with Crippen molar-refractivity contribution in [1.29, 1.82) is 0 Å². The average molecular weight is 319 g/mol. The molecule has 106 valence electrons. The number of aryl methyl sites for hydroxylation is 1. The van der Waals surface area contributed by atoms with Gasteiger partial charge in [0.25, 0.3) is 6.43 Å². The molecule has 18 heavy (non-hydrogen) atoms. The van der Waals surface area contributed by atoms with Crippen molar-refractivity contribution >= 4 is 36.2 Å². The molecule has 1 aliphatic rings. The third kappa shape index (κ3) is 4.03. The first-order valence-electron chi connectivity index (χ1n) is 5.47. The summed E-state index contributed by atoms with van der Waals surface area (Å²) in [6.45, 7) is 4.91. The van der Waals surface area contributed by atoms with Gasteiger partial charge in [-0.3, -0.25) is 4.90 Å². The highest BCUT2D eigenvalue weighted by Crippen LogP contribution is 2.33. The number of nitrogens with one attached hydrogen (secondary N) is 1. The lowest BCUT2D eigenvalue weighted by Crippen LogP contribution is -2.46. The lowest BCUT2D eigenvalue weighted by atomic mass is 10.1. The lowest BCUT2D eigenvalue weighted by Gasteiger charge is -2.34. The third-order valence-corrected chi connectivity index (χ3v) is 4.04. The van der Waals surface area contributed by atoms with E-state index in [-0.39, 0.29) is 24.8 Å². The van der Waals surface area contributed by atoms with Crippen LogP contribution in [0.2, 0.25) is 0 Å². The molecule has 7 heteroatoms. The van der Waals surface area contributed by atoms with Gasteiger partial charge in [-0.1, -0.05) is 0 Å². The molecule has 1 saturated heterocycles. The van der Waals surface area contributed by atoms with Gasteiger partial charge in [-0.05, 0) is 23.9 Å². The van der Waals surface area contributed by atoms with Crippen molar-refractivity contribution in [3.8, 4) is 0 Å². The van der Waals surface area contributed by atoms with Crippen molar-refractivity contribution in [2.75, 3.05) is 26.2 Å². The maximum Gasteiger partial charge on any atom is 0.258 e. The molecular formula is C11H18Cl2F2N2S. The van der Waals surface area contributed by atoms with Crippen LogP contribution in [0, 0.1) is 6.92 Å². The van der Waals surface area contributed by atoms with Crippen LogP contribution in [0.4, 0.5) is 8.78 Å². The average Bonchev–Trinajstić information content (AvgIpc) is 2.66. The summed E-state index contributed by atoms with van der Waals surface area (Å²) < 4.78 is 26.3. The van der Waals surface area contributed by atoms with Gasteiger partial charge in [0.1, 0.15) is 6.04 Å². The monoisotopic (exact) mass is 318 g/mol. The molecule has 1 aromatic heterocycles. The molecule has 0 spiro atoms. The molecule has 0 amide bonds. The Morgan fingerprint density at radius 1 is 1.28 bits per heavy atom. The van der Waals surface area contributed by atoms with Crippen LogP contribution in [-0.2, 0) is 0 Å². The Kier molecular flexibility index (Phi) is 8.30. The van der Waals surface area contributed by atoms with Gasteiger partial charge in [-0.2, -0.15) is 0 Å². The fourth-order valence-corrected chi connectivity index (χ4v) is 3.15. The van der Waals surface area contributed by atoms with E-state index in [0.29, 0.717) is 13.1 Å². The smallest absolute Gasteiger partial charge is 0.258 e. The van der Waals surface area contributed by atoms with E-state index in [1.165, 1.54) is 11.3 Å². The first-order valence-corrected chi connectivity index (χ1v) is 6.35. The minimum atomic E-state index is -2.31. The number of hydrogen-bond acceptors (Lipinski definition) is 3. The molecule has 2 nitrogen and oxygen atoms in total. The van der Waals surface area contributed by atoms with Crippen molar-refractivity contribution in [2.45, 2.75) is 19.4 Å². The van der Waals surface area contributed by atoms with Crippen LogP contribution in [0.5, 0.6) is 0 Å². The summed E-state index contributed by atoms with van der Waals surface area (Å²) in [4.78, 5) is 2.71. The van der Waals surface area contributed by atoms with Crippen LogP contribution in [0.15, 0.2) is 11.4 Å². The molecule has 1 aromatic rings. The maximum absolute atomic E-state index is 13.2. The molecule has 1 atom stereocenters. The number of halogens is 4. The van der Waals surface area contributed by atoms with Crippen LogP contribution < -0.4 is 5.32 Å². The summed E-state index contributed by atoms with van der Waals surface area (Å²) >= 11 is 1.44. The molecule has 2 heterocycles. The second-order valence-electron chi connectivity index (χ2n) is 4.03. The van der Waals surface area contributed by atoms with E-state index in [4.69, 9.17) is 0 Å². The SMILES string of the molecule is Cc1ccsc1[C@H](C(F)F)N1CCNCC1.Cl.Cl. The van der Waals surface area contributed by atoms with Crippen LogP contribution in [0.25, 0.3) is 0 Å². The van der Waals surface area contributed by atoms with E-state index in [1.807, 2.05) is 23.3 Å². The molecule has 0 saturated carbocycles. The number of rotatable bonds is 3. The van der Waals surface area contributed by atoms with Crippen LogP contribution >= 0.6 is 36.2 Å². The van der Waals surface area contributed by atoms with Crippen molar-refractivity contribution in [3.63, 3.8) is 0 Å². The summed E-state index contributed by atoms with van der Waals surface area (Å²) in [5.74, 6) is 0. The molecule has 1 aliphatic heterocycles. The van der Waals surface area contributed by atoms with Crippen molar-refractivity contribution in [2.24, 2.45) is 0 Å². The zero-order chi connectivity index (χ0) is 11.5. The summed E-state index contributed by atoms with van der Waals surface area (Å²) in [6, 6.07) is 1.19. The number of thiophene rings is 1. The number of hydrogen-bond donors (Lipinski definition) is 1. The highest BCUT2D eigenvalue weighted by molar-refractivity contribution is 7.10. The van der Waals surface area contributed by atoms with E-state index in [2.05, 4.69) is 5.32 Å². The summed E-state index contributed by atoms with van der Waals surface area (Å²) in [5.41, 5.74) is 0.980. The normalized spacial score (nSPS) is 18.0. The third-order valence-electron chi connectivity index (χ3n) is 2.95. The Bertz CT molecular complexity index is 344. The molecule has 0 unspecified atom stereocenters. The van der Waals surface area contributed by atoms with Crippen molar-refractivity contribution in [1.82, 2.24) is 10.2 Å². The van der Waals surface area contributed by atoms with Gasteiger partial charge in [-0.15, -0.1) is 36.2 Å². The van der Waals surface area contributed by atoms with E-state index in [1.54, 1.807) is 0 Å². The van der Waals surface area contributed by atoms with Gasteiger partial charge in [0.15, 0.2) is 0 Å². The standard InChI is InChI=1S/C11H16F2N2S.2ClH/c1-8-2-7-16-10(8)9(11(12)13)15-5-3-14-4-6-15;;/h2,7,9,11,14H,3-6H2,1H3;2*1H/t9-;;/m1../s1. The summed E-state index contributed by atoms with van der Waals surface area (Å²) in [6.07, 6.45) is -2.31. The highest BCUT2D eigenvalue weighted by atomic mass is 35.5. The minimum Gasteiger partial charge on any atom is -0.314 e. The first-order chi connectivity index (χ1) is 7.70. The Balaban J connectivity index is 0.00000144. The Morgan fingerprint density at radius 2 is 1.89 bits per heavy atom. The first kappa shape index (κ1) is 18.1. The second kappa shape index (κ2) is 8.27. The van der Waals surface area contributed by atoms with Gasteiger partial charge in [0.05, 0.1) is 0 Å². The molecule has 2 rings (SSSR count). The molecule has 0 aliphatic carbocycles. The second-order valence-corrected chi connectivity index (χ2v) is 4.98. The molecule has 0 aromatic carbocycles. The van der Waals surface area contributed by atoms with E-state index < -0.39 is 12.5 Å². The Hall–Kier alpha value is 0.0600. The summed E-state index contributed by atoms with van der Waals surface area (Å²) in [7, 11) is 0. The topological polar surface area (TPSA) is 15.3 Å². The molecule has 0 radical (unpaired) electrons. The van der Waals surface area contributed by atoms with Crippen LogP contribution in [0.3, 0.4) is 0 Å². The van der Waals surface area contributed by atoms with Gasteiger partial charge < -0.3 is 5.32 Å². The molecular weight excluding hydrogens is 301 g/mol. The van der Waals surface area contributed by atoms with Crippen molar-refractivity contribution in [3.05, 3.63) is 21.9 Å².